The molecule has 1 aromatic heterocycles. The first kappa shape index (κ1) is 14.8. The highest BCUT2D eigenvalue weighted by atomic mass is 79.9. The predicted molar refractivity (Wildman–Crippen MR) is 83.9 cm³/mol. The van der Waals surface area contributed by atoms with E-state index >= 15 is 0 Å². The maximum atomic E-state index is 6.27. The Kier molecular flexibility index (Phi) is 4.19. The maximum absolute atomic E-state index is 6.27. The highest BCUT2D eigenvalue weighted by molar-refractivity contribution is 9.10. The van der Waals surface area contributed by atoms with E-state index in [1.54, 1.807) is 0 Å². The number of benzene rings is 1. The van der Waals surface area contributed by atoms with E-state index in [9.17, 15) is 0 Å². The minimum absolute atomic E-state index is 0.189. The molecular weight excluding hydrogens is 347 g/mol. The van der Waals surface area contributed by atoms with Crippen LogP contribution >= 0.6 is 39.1 Å². The molecule has 2 nitrogen and oxygen atoms in total. The molecule has 2 aromatic rings. The molecule has 0 saturated heterocycles. The zero-order valence-electron chi connectivity index (χ0n) is 10.8. The van der Waals surface area contributed by atoms with Crippen LogP contribution < -0.4 is 0 Å². The molecule has 0 saturated carbocycles. The number of aromatic nitrogens is 2. The fraction of sp³-hybridized carbons (Fsp3) is 0.286. The largest absolute Gasteiger partial charge is 0.220 e. The molecule has 0 aliphatic carbocycles. The van der Waals surface area contributed by atoms with Gasteiger partial charge in [-0.25, -0.2) is 9.97 Å². The molecule has 0 spiro atoms. The maximum Gasteiger partial charge on any atom is 0.142 e. The highest BCUT2D eigenvalue weighted by Gasteiger charge is 2.21. The van der Waals surface area contributed by atoms with Gasteiger partial charge in [0.05, 0.1) is 5.56 Å². The summed E-state index contributed by atoms with van der Waals surface area (Å²) in [5.74, 6) is 0.642. The van der Waals surface area contributed by atoms with E-state index < -0.39 is 0 Å². The molecule has 0 fully saturated rings. The Labute approximate surface area is 131 Å². The normalized spacial score (nSPS) is 11.7. The topological polar surface area (TPSA) is 25.8 Å². The zero-order valence-corrected chi connectivity index (χ0v) is 13.9. The van der Waals surface area contributed by atoms with Crippen molar-refractivity contribution in [3.8, 4) is 11.1 Å². The second kappa shape index (κ2) is 5.39. The van der Waals surface area contributed by atoms with Crippen molar-refractivity contribution in [3.05, 3.63) is 44.9 Å². The number of hydrogen-bond donors (Lipinski definition) is 0. The summed E-state index contributed by atoms with van der Waals surface area (Å²) in [5, 5.41) is 0.763. The van der Waals surface area contributed by atoms with Crippen LogP contribution in [0.5, 0.6) is 0 Å². The molecule has 0 bridgehead atoms. The molecule has 5 heteroatoms. The Morgan fingerprint density at radius 1 is 0.947 bits per heavy atom. The van der Waals surface area contributed by atoms with Crippen molar-refractivity contribution < 1.29 is 0 Å². The standard InChI is InChI=1S/C14H13BrCl2N2/c1-14(2,3)13-18-11(16)10(12(17)19-13)8-4-6-9(15)7-5-8/h4-7H,1-3H3. The Balaban J connectivity index is 2.57. The highest BCUT2D eigenvalue weighted by Crippen LogP contribution is 2.34. The Morgan fingerprint density at radius 3 is 1.84 bits per heavy atom. The van der Waals surface area contributed by atoms with Crippen molar-refractivity contribution in [2.75, 3.05) is 0 Å². The van der Waals surface area contributed by atoms with Gasteiger partial charge >= 0.3 is 0 Å². The summed E-state index contributed by atoms with van der Waals surface area (Å²) in [6.07, 6.45) is 0. The van der Waals surface area contributed by atoms with Crippen molar-refractivity contribution in [1.82, 2.24) is 9.97 Å². The minimum Gasteiger partial charge on any atom is -0.220 e. The van der Waals surface area contributed by atoms with Gasteiger partial charge in [-0.1, -0.05) is 72.0 Å². The van der Waals surface area contributed by atoms with Gasteiger partial charge < -0.3 is 0 Å². The van der Waals surface area contributed by atoms with Gasteiger partial charge in [-0.15, -0.1) is 0 Å². The number of rotatable bonds is 1. The molecule has 0 aliphatic rings. The van der Waals surface area contributed by atoms with Crippen molar-refractivity contribution in [2.24, 2.45) is 0 Å². The summed E-state index contributed by atoms with van der Waals surface area (Å²) < 4.78 is 0.996. The van der Waals surface area contributed by atoms with Crippen LogP contribution in [0.2, 0.25) is 10.3 Å². The molecule has 19 heavy (non-hydrogen) atoms. The van der Waals surface area contributed by atoms with Gasteiger partial charge in [-0.05, 0) is 17.7 Å². The molecule has 1 heterocycles. The van der Waals surface area contributed by atoms with Gasteiger partial charge in [0.25, 0.3) is 0 Å². The summed E-state index contributed by atoms with van der Waals surface area (Å²) in [5.41, 5.74) is 1.38. The number of nitrogens with zero attached hydrogens (tertiary/aromatic N) is 2. The van der Waals surface area contributed by atoms with Crippen molar-refractivity contribution >= 4 is 39.1 Å². The van der Waals surface area contributed by atoms with E-state index in [4.69, 9.17) is 23.2 Å². The van der Waals surface area contributed by atoms with Crippen molar-refractivity contribution in [1.29, 1.82) is 0 Å². The van der Waals surface area contributed by atoms with E-state index in [0.29, 0.717) is 21.7 Å². The third-order valence-corrected chi connectivity index (χ3v) is 3.70. The molecular formula is C14H13BrCl2N2. The molecule has 0 amide bonds. The van der Waals surface area contributed by atoms with Gasteiger partial charge in [0, 0.05) is 9.89 Å². The lowest BCUT2D eigenvalue weighted by Crippen LogP contribution is -2.16. The SMILES string of the molecule is CC(C)(C)c1nc(Cl)c(-c2ccc(Br)cc2)c(Cl)n1. The van der Waals surface area contributed by atoms with Gasteiger partial charge in [0.15, 0.2) is 0 Å². The molecule has 1 aromatic carbocycles. The number of halogens is 3. The first-order valence-corrected chi connectivity index (χ1v) is 7.33. The first-order valence-electron chi connectivity index (χ1n) is 5.78. The molecule has 0 N–H and O–H groups in total. The summed E-state index contributed by atoms with van der Waals surface area (Å²) in [6, 6.07) is 7.72. The fourth-order valence-corrected chi connectivity index (χ4v) is 2.47. The van der Waals surface area contributed by atoms with E-state index in [0.717, 1.165) is 10.0 Å². The van der Waals surface area contributed by atoms with E-state index in [1.165, 1.54) is 0 Å². The number of hydrogen-bond acceptors (Lipinski definition) is 2. The van der Waals surface area contributed by atoms with Crippen molar-refractivity contribution in [3.63, 3.8) is 0 Å². The fourth-order valence-electron chi connectivity index (χ4n) is 1.60. The summed E-state index contributed by atoms with van der Waals surface area (Å²) in [4.78, 5) is 8.72. The Hall–Kier alpha value is -0.640. The first-order chi connectivity index (χ1) is 8.79. The molecule has 0 radical (unpaired) electrons. The second-order valence-corrected chi connectivity index (χ2v) is 6.89. The monoisotopic (exact) mass is 358 g/mol. The molecule has 2 rings (SSSR count). The molecule has 100 valence electrons. The molecule has 0 aliphatic heterocycles. The minimum atomic E-state index is -0.189. The average molecular weight is 360 g/mol. The quantitative estimate of drug-likeness (QED) is 0.627. The molecule has 0 unspecified atom stereocenters. The lowest BCUT2D eigenvalue weighted by molar-refractivity contribution is 0.545. The summed E-state index contributed by atoms with van der Waals surface area (Å²) in [7, 11) is 0. The van der Waals surface area contributed by atoms with E-state index in [2.05, 4.69) is 25.9 Å². The van der Waals surface area contributed by atoms with Crippen LogP contribution in [0.3, 0.4) is 0 Å². The average Bonchev–Trinajstić information content (AvgIpc) is 2.29. The van der Waals surface area contributed by atoms with Crippen LogP contribution in [0.1, 0.15) is 26.6 Å². The molecule has 0 atom stereocenters. The smallest absolute Gasteiger partial charge is 0.142 e. The van der Waals surface area contributed by atoms with Gasteiger partial charge in [0.1, 0.15) is 16.1 Å². The summed E-state index contributed by atoms with van der Waals surface area (Å²) in [6.45, 7) is 6.07. The summed E-state index contributed by atoms with van der Waals surface area (Å²) >= 11 is 15.9. The lowest BCUT2D eigenvalue weighted by Gasteiger charge is -2.18. The van der Waals surface area contributed by atoms with E-state index in [-0.39, 0.29) is 5.41 Å². The zero-order chi connectivity index (χ0) is 14.2. The van der Waals surface area contributed by atoms with Crippen LogP contribution in [0.25, 0.3) is 11.1 Å². The van der Waals surface area contributed by atoms with Crippen LogP contribution in [0.15, 0.2) is 28.7 Å². The second-order valence-electron chi connectivity index (χ2n) is 5.26. The predicted octanol–water partition coefficient (Wildman–Crippen LogP) is 5.51. The third-order valence-electron chi connectivity index (χ3n) is 2.62. The van der Waals surface area contributed by atoms with Gasteiger partial charge in [-0.3, -0.25) is 0 Å². The van der Waals surface area contributed by atoms with Crippen molar-refractivity contribution in [2.45, 2.75) is 26.2 Å². The lowest BCUT2D eigenvalue weighted by atomic mass is 9.95. The van der Waals surface area contributed by atoms with Gasteiger partial charge in [-0.2, -0.15) is 0 Å². The van der Waals surface area contributed by atoms with Crippen LogP contribution in [-0.4, -0.2) is 9.97 Å². The van der Waals surface area contributed by atoms with Gasteiger partial charge in [0.2, 0.25) is 0 Å². The Morgan fingerprint density at radius 2 is 1.42 bits per heavy atom. The van der Waals surface area contributed by atoms with Crippen LogP contribution in [0.4, 0.5) is 0 Å². The van der Waals surface area contributed by atoms with E-state index in [1.807, 2.05) is 45.0 Å². The third kappa shape index (κ3) is 3.28. The Bertz CT molecular complexity index is 581. The van der Waals surface area contributed by atoms with Crippen LogP contribution in [-0.2, 0) is 5.41 Å². The van der Waals surface area contributed by atoms with Crippen LogP contribution in [0, 0.1) is 0 Å².